The summed E-state index contributed by atoms with van der Waals surface area (Å²) < 4.78 is 42.0. The zero-order chi connectivity index (χ0) is 15.9. The van der Waals surface area contributed by atoms with Crippen molar-refractivity contribution in [3.63, 3.8) is 0 Å². The maximum absolute atomic E-state index is 11.2. The van der Waals surface area contributed by atoms with Crippen LogP contribution < -0.4 is 4.72 Å². The number of nitrogens with one attached hydrogen (secondary N) is 1. The van der Waals surface area contributed by atoms with Crippen molar-refractivity contribution in [3.8, 4) is 0 Å². The monoisotopic (exact) mass is 323 g/mol. The average Bonchev–Trinajstić information content (AvgIpc) is 2.41. The van der Waals surface area contributed by atoms with Gasteiger partial charge in [-0.05, 0) is 25.7 Å². The summed E-state index contributed by atoms with van der Waals surface area (Å²) in [5.74, 6) is 0.369. The first-order chi connectivity index (χ1) is 9.78. The third-order valence-corrected chi connectivity index (χ3v) is 4.30. The molecule has 0 unspecified atom stereocenters. The topological polar surface area (TPSA) is 73.9 Å². The van der Waals surface area contributed by atoms with Crippen molar-refractivity contribution in [2.75, 3.05) is 32.6 Å². The van der Waals surface area contributed by atoms with Crippen LogP contribution in [0.15, 0.2) is 0 Å². The highest BCUT2D eigenvalue weighted by atomic mass is 32.2. The number of ether oxygens (including phenoxy) is 3. The van der Waals surface area contributed by atoms with Crippen molar-refractivity contribution >= 4 is 10.0 Å². The van der Waals surface area contributed by atoms with Gasteiger partial charge in [-0.25, -0.2) is 13.1 Å². The first-order valence-electron chi connectivity index (χ1n) is 7.57. The summed E-state index contributed by atoms with van der Waals surface area (Å²) in [6, 6.07) is 0. The molecule has 1 saturated heterocycles. The van der Waals surface area contributed by atoms with E-state index in [1.54, 1.807) is 0 Å². The average molecular weight is 323 g/mol. The van der Waals surface area contributed by atoms with Crippen molar-refractivity contribution in [1.82, 2.24) is 4.72 Å². The third-order valence-electron chi connectivity index (χ3n) is 3.61. The lowest BCUT2D eigenvalue weighted by Gasteiger charge is -2.28. The SMILES string of the molecule is CC(C)[C@H](C)O[C@@H](CNS(C)(=O)=O)COC1CCOCC1. The Hall–Kier alpha value is -0.210. The third kappa shape index (κ3) is 8.73. The molecule has 21 heavy (non-hydrogen) atoms. The van der Waals surface area contributed by atoms with E-state index in [1.807, 2.05) is 6.92 Å². The van der Waals surface area contributed by atoms with Gasteiger partial charge in [-0.15, -0.1) is 0 Å². The molecule has 1 N–H and O–H groups in total. The Morgan fingerprint density at radius 1 is 1.24 bits per heavy atom. The Bertz CT molecular complexity index is 379. The van der Waals surface area contributed by atoms with Gasteiger partial charge in [0.05, 0.1) is 31.2 Å². The molecule has 1 rings (SSSR count). The molecule has 126 valence electrons. The van der Waals surface area contributed by atoms with Gasteiger partial charge in [0.1, 0.15) is 0 Å². The molecule has 0 amide bonds. The van der Waals surface area contributed by atoms with Crippen LogP contribution in [0.5, 0.6) is 0 Å². The fraction of sp³-hybridized carbons (Fsp3) is 1.00. The maximum Gasteiger partial charge on any atom is 0.208 e. The van der Waals surface area contributed by atoms with E-state index >= 15 is 0 Å². The van der Waals surface area contributed by atoms with E-state index in [0.717, 1.165) is 32.3 Å². The quantitative estimate of drug-likeness (QED) is 0.689. The Morgan fingerprint density at radius 3 is 2.38 bits per heavy atom. The molecule has 7 heteroatoms. The van der Waals surface area contributed by atoms with Gasteiger partial charge in [0, 0.05) is 19.8 Å². The van der Waals surface area contributed by atoms with Crippen LogP contribution in [0.1, 0.15) is 33.6 Å². The molecule has 0 radical (unpaired) electrons. The van der Waals surface area contributed by atoms with Crippen molar-refractivity contribution in [2.24, 2.45) is 5.92 Å². The molecule has 0 aliphatic carbocycles. The van der Waals surface area contributed by atoms with Gasteiger partial charge in [-0.2, -0.15) is 0 Å². The zero-order valence-electron chi connectivity index (χ0n) is 13.5. The predicted molar refractivity (Wildman–Crippen MR) is 81.8 cm³/mol. The highest BCUT2D eigenvalue weighted by molar-refractivity contribution is 7.88. The summed E-state index contributed by atoms with van der Waals surface area (Å²) in [7, 11) is -3.22. The van der Waals surface area contributed by atoms with Crippen LogP contribution in [0.4, 0.5) is 0 Å². The van der Waals surface area contributed by atoms with Crippen LogP contribution in [-0.4, -0.2) is 59.4 Å². The van der Waals surface area contributed by atoms with E-state index in [0.29, 0.717) is 12.5 Å². The van der Waals surface area contributed by atoms with Crippen molar-refractivity contribution in [2.45, 2.75) is 51.9 Å². The van der Waals surface area contributed by atoms with E-state index in [4.69, 9.17) is 14.2 Å². The van der Waals surface area contributed by atoms with Gasteiger partial charge in [0.15, 0.2) is 0 Å². The van der Waals surface area contributed by atoms with Crippen molar-refractivity contribution < 1.29 is 22.6 Å². The highest BCUT2D eigenvalue weighted by Gasteiger charge is 2.21. The molecule has 0 saturated carbocycles. The smallest absolute Gasteiger partial charge is 0.208 e. The van der Waals surface area contributed by atoms with E-state index in [2.05, 4.69) is 18.6 Å². The summed E-state index contributed by atoms with van der Waals surface area (Å²) in [6.45, 7) is 8.21. The first kappa shape index (κ1) is 18.8. The Balaban J connectivity index is 2.45. The van der Waals surface area contributed by atoms with Crippen molar-refractivity contribution in [3.05, 3.63) is 0 Å². The summed E-state index contributed by atoms with van der Waals surface area (Å²) in [5.41, 5.74) is 0. The summed E-state index contributed by atoms with van der Waals surface area (Å²) in [6.07, 6.45) is 2.86. The van der Waals surface area contributed by atoms with E-state index in [1.165, 1.54) is 0 Å². The summed E-state index contributed by atoms with van der Waals surface area (Å²) in [5, 5.41) is 0. The Kier molecular flexibility index (Phi) is 8.12. The molecular weight excluding hydrogens is 294 g/mol. The minimum atomic E-state index is -3.22. The molecule has 1 fully saturated rings. The van der Waals surface area contributed by atoms with Crippen LogP contribution in [0, 0.1) is 5.92 Å². The molecule has 0 bridgehead atoms. The van der Waals surface area contributed by atoms with Crippen LogP contribution >= 0.6 is 0 Å². The number of hydrogen-bond donors (Lipinski definition) is 1. The van der Waals surface area contributed by atoms with E-state index < -0.39 is 10.0 Å². The van der Waals surface area contributed by atoms with Gasteiger partial charge in [-0.1, -0.05) is 13.8 Å². The molecule has 0 aromatic heterocycles. The van der Waals surface area contributed by atoms with Crippen LogP contribution in [0.2, 0.25) is 0 Å². The second kappa shape index (κ2) is 9.05. The number of sulfonamides is 1. The van der Waals surface area contributed by atoms with Crippen LogP contribution in [0.3, 0.4) is 0 Å². The lowest BCUT2D eigenvalue weighted by molar-refractivity contribution is -0.0971. The minimum Gasteiger partial charge on any atom is -0.381 e. The second-order valence-corrected chi connectivity index (χ2v) is 7.81. The van der Waals surface area contributed by atoms with Gasteiger partial charge in [0.25, 0.3) is 0 Å². The van der Waals surface area contributed by atoms with E-state index in [9.17, 15) is 8.42 Å². The lowest BCUT2D eigenvalue weighted by atomic mass is 10.1. The zero-order valence-corrected chi connectivity index (χ0v) is 14.3. The molecule has 0 aromatic rings. The molecule has 1 aliphatic heterocycles. The molecule has 1 heterocycles. The largest absolute Gasteiger partial charge is 0.381 e. The van der Waals surface area contributed by atoms with Gasteiger partial charge in [-0.3, -0.25) is 0 Å². The molecular formula is C14H29NO5S. The first-order valence-corrected chi connectivity index (χ1v) is 9.46. The van der Waals surface area contributed by atoms with Gasteiger partial charge < -0.3 is 14.2 Å². The van der Waals surface area contributed by atoms with Crippen molar-refractivity contribution in [1.29, 1.82) is 0 Å². The fourth-order valence-corrected chi connectivity index (χ4v) is 2.43. The summed E-state index contributed by atoms with van der Waals surface area (Å²) >= 11 is 0. The summed E-state index contributed by atoms with van der Waals surface area (Å²) in [4.78, 5) is 0. The molecule has 2 atom stereocenters. The Morgan fingerprint density at radius 2 is 1.86 bits per heavy atom. The predicted octanol–water partition coefficient (Wildman–Crippen LogP) is 1.16. The number of hydrogen-bond acceptors (Lipinski definition) is 5. The van der Waals surface area contributed by atoms with Crippen LogP contribution in [0.25, 0.3) is 0 Å². The standard InChI is InChI=1S/C14H29NO5S/c1-11(2)12(3)20-14(9-15-21(4,16)17)10-19-13-5-7-18-8-6-13/h11-15H,5-10H2,1-4H3/t12-,14-/m0/s1. The second-order valence-electron chi connectivity index (χ2n) is 5.97. The minimum absolute atomic E-state index is 0.0506. The van der Waals surface area contributed by atoms with Crippen LogP contribution in [-0.2, 0) is 24.2 Å². The van der Waals surface area contributed by atoms with Gasteiger partial charge in [0.2, 0.25) is 10.0 Å². The molecule has 0 aromatic carbocycles. The fourth-order valence-electron chi connectivity index (χ4n) is 1.94. The van der Waals surface area contributed by atoms with E-state index in [-0.39, 0.29) is 24.9 Å². The molecule has 6 nitrogen and oxygen atoms in total. The maximum atomic E-state index is 11.2. The molecule has 1 aliphatic rings. The molecule has 0 spiro atoms. The number of rotatable bonds is 9. The highest BCUT2D eigenvalue weighted by Crippen LogP contribution is 2.13. The lowest BCUT2D eigenvalue weighted by Crippen LogP contribution is -2.40. The normalized spacial score (nSPS) is 20.6. The Labute approximate surface area is 128 Å². The van der Waals surface area contributed by atoms with Gasteiger partial charge >= 0.3 is 0 Å².